The zero-order chi connectivity index (χ0) is 15.5. The molecule has 1 aliphatic rings. The second kappa shape index (κ2) is 6.48. The number of ether oxygens (including phenoxy) is 1. The van der Waals surface area contributed by atoms with Crippen LogP contribution in [0.5, 0.6) is 0 Å². The van der Waals surface area contributed by atoms with E-state index in [0.29, 0.717) is 13.0 Å². The molecule has 2 atom stereocenters. The summed E-state index contributed by atoms with van der Waals surface area (Å²) >= 11 is 3.42. The SMILES string of the molecule is C=CC[C@]1(C=C)CCN([C@@H](C)c2ccc(Br)cc2)C(=O)O1. The molecule has 0 radical (unpaired) electrons. The summed E-state index contributed by atoms with van der Waals surface area (Å²) in [4.78, 5) is 14.1. The minimum absolute atomic E-state index is 0.0165. The maximum absolute atomic E-state index is 12.3. The van der Waals surface area contributed by atoms with Crippen molar-refractivity contribution in [3.05, 3.63) is 59.6 Å². The van der Waals surface area contributed by atoms with E-state index in [9.17, 15) is 4.79 Å². The first-order chi connectivity index (χ1) is 10.0. The number of nitrogens with zero attached hydrogens (tertiary/aromatic N) is 1. The Morgan fingerprint density at radius 2 is 2.10 bits per heavy atom. The Balaban J connectivity index is 2.13. The summed E-state index contributed by atoms with van der Waals surface area (Å²) in [5.74, 6) is 0. The van der Waals surface area contributed by atoms with E-state index in [2.05, 4.69) is 29.1 Å². The molecule has 1 saturated heterocycles. The number of halogens is 1. The van der Waals surface area contributed by atoms with Gasteiger partial charge in [0.05, 0.1) is 6.04 Å². The maximum Gasteiger partial charge on any atom is 0.411 e. The van der Waals surface area contributed by atoms with Crippen molar-refractivity contribution in [3.8, 4) is 0 Å². The van der Waals surface area contributed by atoms with Crippen molar-refractivity contribution in [2.24, 2.45) is 0 Å². The van der Waals surface area contributed by atoms with Gasteiger partial charge in [-0.15, -0.1) is 6.58 Å². The third-order valence-electron chi connectivity index (χ3n) is 3.98. The van der Waals surface area contributed by atoms with Gasteiger partial charge < -0.3 is 9.64 Å². The molecular formula is C17H20BrNO2. The predicted molar refractivity (Wildman–Crippen MR) is 88.1 cm³/mol. The summed E-state index contributed by atoms with van der Waals surface area (Å²) in [5, 5.41) is 0. The Bertz CT molecular complexity index is 540. The van der Waals surface area contributed by atoms with Gasteiger partial charge in [0.1, 0.15) is 5.60 Å². The minimum Gasteiger partial charge on any atom is -0.438 e. The summed E-state index contributed by atoms with van der Waals surface area (Å²) < 4.78 is 6.66. The summed E-state index contributed by atoms with van der Waals surface area (Å²) in [5.41, 5.74) is 0.486. The molecule has 2 rings (SSSR count). The van der Waals surface area contributed by atoms with Gasteiger partial charge in [-0.05, 0) is 30.7 Å². The topological polar surface area (TPSA) is 29.5 Å². The molecule has 0 spiro atoms. The Labute approximate surface area is 134 Å². The van der Waals surface area contributed by atoms with Crippen LogP contribution >= 0.6 is 15.9 Å². The number of hydrogen-bond donors (Lipinski definition) is 0. The third kappa shape index (κ3) is 3.38. The van der Waals surface area contributed by atoms with Crippen molar-refractivity contribution in [1.82, 2.24) is 4.90 Å². The van der Waals surface area contributed by atoms with E-state index in [1.807, 2.05) is 31.2 Å². The zero-order valence-electron chi connectivity index (χ0n) is 12.2. The van der Waals surface area contributed by atoms with Crippen LogP contribution in [0.2, 0.25) is 0 Å². The molecule has 1 aromatic carbocycles. The highest BCUT2D eigenvalue weighted by Crippen LogP contribution is 2.33. The fourth-order valence-corrected chi connectivity index (χ4v) is 2.84. The first-order valence-corrected chi connectivity index (χ1v) is 7.80. The molecule has 0 aliphatic carbocycles. The Kier molecular flexibility index (Phi) is 4.88. The van der Waals surface area contributed by atoms with E-state index in [1.54, 1.807) is 17.1 Å². The molecule has 1 aliphatic heterocycles. The molecule has 1 heterocycles. The van der Waals surface area contributed by atoms with Gasteiger partial charge in [-0.25, -0.2) is 4.79 Å². The molecule has 112 valence electrons. The molecule has 1 aromatic rings. The van der Waals surface area contributed by atoms with E-state index >= 15 is 0 Å². The van der Waals surface area contributed by atoms with Crippen molar-refractivity contribution in [2.75, 3.05) is 6.54 Å². The Hall–Kier alpha value is -1.55. The molecule has 0 unspecified atom stereocenters. The Morgan fingerprint density at radius 1 is 1.43 bits per heavy atom. The first kappa shape index (κ1) is 15.8. The van der Waals surface area contributed by atoms with Crippen LogP contribution in [0, 0.1) is 0 Å². The molecule has 4 heteroatoms. The number of cyclic esters (lactones) is 1. The fourth-order valence-electron chi connectivity index (χ4n) is 2.57. The van der Waals surface area contributed by atoms with E-state index in [4.69, 9.17) is 4.74 Å². The van der Waals surface area contributed by atoms with Gasteiger partial charge in [0, 0.05) is 23.9 Å². The molecule has 0 bridgehead atoms. The van der Waals surface area contributed by atoms with Crippen molar-refractivity contribution >= 4 is 22.0 Å². The van der Waals surface area contributed by atoms with Crippen LogP contribution in [0.15, 0.2) is 54.0 Å². The Morgan fingerprint density at radius 3 is 2.62 bits per heavy atom. The number of carbonyl (C=O) groups is 1. The van der Waals surface area contributed by atoms with Crippen LogP contribution in [0.3, 0.4) is 0 Å². The zero-order valence-corrected chi connectivity index (χ0v) is 13.8. The molecule has 1 amide bonds. The molecular weight excluding hydrogens is 330 g/mol. The summed E-state index contributed by atoms with van der Waals surface area (Å²) in [6, 6.07) is 7.97. The van der Waals surface area contributed by atoms with Gasteiger partial charge in [-0.2, -0.15) is 0 Å². The van der Waals surface area contributed by atoms with E-state index in [-0.39, 0.29) is 12.1 Å². The second-order valence-corrected chi connectivity index (χ2v) is 6.22. The lowest BCUT2D eigenvalue weighted by Gasteiger charge is -2.41. The third-order valence-corrected chi connectivity index (χ3v) is 4.51. The van der Waals surface area contributed by atoms with Crippen molar-refractivity contribution in [3.63, 3.8) is 0 Å². The molecule has 21 heavy (non-hydrogen) atoms. The van der Waals surface area contributed by atoms with Gasteiger partial charge in [0.15, 0.2) is 0 Å². The number of benzene rings is 1. The predicted octanol–water partition coefficient (Wildman–Crippen LogP) is 4.85. The molecule has 0 N–H and O–H groups in total. The van der Waals surface area contributed by atoms with Gasteiger partial charge >= 0.3 is 6.09 Å². The van der Waals surface area contributed by atoms with Crippen molar-refractivity contribution in [1.29, 1.82) is 0 Å². The van der Waals surface area contributed by atoms with Gasteiger partial charge in [-0.1, -0.05) is 40.7 Å². The summed E-state index contributed by atoms with van der Waals surface area (Å²) in [7, 11) is 0. The molecule has 0 aromatic heterocycles. The number of amides is 1. The van der Waals surface area contributed by atoms with Crippen LogP contribution in [0.25, 0.3) is 0 Å². The number of hydrogen-bond acceptors (Lipinski definition) is 2. The van der Waals surface area contributed by atoms with Gasteiger partial charge in [-0.3, -0.25) is 0 Å². The number of carbonyl (C=O) groups excluding carboxylic acids is 1. The van der Waals surface area contributed by atoms with Crippen LogP contribution in [-0.2, 0) is 4.74 Å². The van der Waals surface area contributed by atoms with Crippen molar-refractivity contribution < 1.29 is 9.53 Å². The molecule has 1 fully saturated rings. The van der Waals surface area contributed by atoms with Crippen LogP contribution in [0.4, 0.5) is 4.79 Å². The highest BCUT2D eigenvalue weighted by Gasteiger charge is 2.39. The lowest BCUT2D eigenvalue weighted by molar-refractivity contribution is -0.0263. The standard InChI is InChI=1S/C17H20BrNO2/c1-4-10-17(5-2)11-12-19(16(20)21-17)13(3)14-6-8-15(18)9-7-14/h4-9,13H,1-2,10-12H2,3H3/t13-,17+/m0/s1. The maximum atomic E-state index is 12.3. The molecule has 3 nitrogen and oxygen atoms in total. The first-order valence-electron chi connectivity index (χ1n) is 7.01. The quantitative estimate of drug-likeness (QED) is 0.710. The number of rotatable bonds is 5. The minimum atomic E-state index is -0.602. The normalized spacial score (nSPS) is 23.3. The largest absolute Gasteiger partial charge is 0.438 e. The van der Waals surface area contributed by atoms with Crippen LogP contribution < -0.4 is 0 Å². The van der Waals surface area contributed by atoms with Crippen LogP contribution in [0.1, 0.15) is 31.4 Å². The summed E-state index contributed by atoms with van der Waals surface area (Å²) in [6.07, 6.45) is 4.52. The average molecular weight is 350 g/mol. The monoisotopic (exact) mass is 349 g/mol. The fraction of sp³-hybridized carbons (Fsp3) is 0.353. The average Bonchev–Trinajstić information content (AvgIpc) is 2.48. The van der Waals surface area contributed by atoms with E-state index in [1.165, 1.54) is 0 Å². The van der Waals surface area contributed by atoms with Crippen LogP contribution in [-0.4, -0.2) is 23.1 Å². The summed E-state index contributed by atoms with van der Waals surface area (Å²) in [6.45, 7) is 10.2. The van der Waals surface area contributed by atoms with Gasteiger partial charge in [0.2, 0.25) is 0 Å². The lowest BCUT2D eigenvalue weighted by Crippen LogP contribution is -2.49. The van der Waals surface area contributed by atoms with E-state index in [0.717, 1.165) is 16.5 Å². The highest BCUT2D eigenvalue weighted by molar-refractivity contribution is 9.10. The van der Waals surface area contributed by atoms with E-state index < -0.39 is 5.60 Å². The lowest BCUT2D eigenvalue weighted by atomic mass is 9.93. The smallest absolute Gasteiger partial charge is 0.411 e. The second-order valence-electron chi connectivity index (χ2n) is 5.30. The van der Waals surface area contributed by atoms with Gasteiger partial charge in [0.25, 0.3) is 0 Å². The molecule has 0 saturated carbocycles. The highest BCUT2D eigenvalue weighted by atomic mass is 79.9. The van der Waals surface area contributed by atoms with Crippen molar-refractivity contribution in [2.45, 2.75) is 31.4 Å².